The molecule has 25 heavy (non-hydrogen) atoms. The second kappa shape index (κ2) is 8.70. The molecular formula is C19H33N5O. The number of urea groups is 1. The molecule has 0 spiro atoms. The molecule has 0 unspecified atom stereocenters. The fourth-order valence-corrected chi connectivity index (χ4v) is 3.86. The van der Waals surface area contributed by atoms with E-state index in [2.05, 4.69) is 39.6 Å². The Kier molecular flexibility index (Phi) is 6.34. The molecule has 1 saturated heterocycles. The summed E-state index contributed by atoms with van der Waals surface area (Å²) in [5.74, 6) is 1.40. The number of carbonyl (C=O) groups excluding carboxylic acids is 1. The second-order valence-electron chi connectivity index (χ2n) is 8.14. The Labute approximate surface area is 151 Å². The van der Waals surface area contributed by atoms with Crippen LogP contribution in [0.2, 0.25) is 0 Å². The van der Waals surface area contributed by atoms with Crippen LogP contribution in [-0.4, -0.2) is 53.3 Å². The fourth-order valence-electron chi connectivity index (χ4n) is 3.86. The Balaban J connectivity index is 1.31. The van der Waals surface area contributed by atoms with Crippen molar-refractivity contribution in [3.63, 3.8) is 0 Å². The summed E-state index contributed by atoms with van der Waals surface area (Å²) in [7, 11) is 0. The molecule has 1 aromatic heterocycles. The van der Waals surface area contributed by atoms with Gasteiger partial charge in [0.25, 0.3) is 0 Å². The van der Waals surface area contributed by atoms with Gasteiger partial charge in [-0.15, -0.1) is 0 Å². The van der Waals surface area contributed by atoms with Gasteiger partial charge in [-0.3, -0.25) is 5.10 Å². The maximum atomic E-state index is 12.2. The Morgan fingerprint density at radius 2 is 2.16 bits per heavy atom. The molecule has 2 amide bonds. The number of piperidine rings is 1. The number of fused-ring (bicyclic) bond motifs is 1. The third-order valence-corrected chi connectivity index (χ3v) is 5.64. The van der Waals surface area contributed by atoms with Crippen molar-refractivity contribution in [3.05, 3.63) is 17.5 Å². The van der Waals surface area contributed by atoms with Gasteiger partial charge in [0.1, 0.15) is 0 Å². The van der Waals surface area contributed by atoms with Crippen LogP contribution < -0.4 is 10.6 Å². The zero-order valence-corrected chi connectivity index (χ0v) is 15.7. The van der Waals surface area contributed by atoms with Crippen molar-refractivity contribution in [2.45, 2.75) is 58.4 Å². The van der Waals surface area contributed by atoms with Gasteiger partial charge in [-0.1, -0.05) is 13.8 Å². The second-order valence-corrected chi connectivity index (χ2v) is 8.14. The van der Waals surface area contributed by atoms with Gasteiger partial charge in [0.15, 0.2) is 0 Å². The van der Waals surface area contributed by atoms with E-state index < -0.39 is 0 Å². The molecule has 3 N–H and O–H groups in total. The minimum Gasteiger partial charge on any atom is -0.338 e. The highest BCUT2D eigenvalue weighted by Crippen LogP contribution is 2.19. The van der Waals surface area contributed by atoms with Crippen LogP contribution in [0.1, 0.15) is 50.8 Å². The van der Waals surface area contributed by atoms with E-state index in [1.165, 1.54) is 50.2 Å². The van der Waals surface area contributed by atoms with Crippen molar-refractivity contribution < 1.29 is 4.79 Å². The number of nitrogens with zero attached hydrogens (tertiary/aromatic N) is 2. The summed E-state index contributed by atoms with van der Waals surface area (Å²) in [4.78, 5) is 14.8. The number of carbonyl (C=O) groups is 1. The predicted molar refractivity (Wildman–Crippen MR) is 99.6 cm³/mol. The molecule has 1 atom stereocenters. The lowest BCUT2D eigenvalue weighted by Crippen LogP contribution is -2.46. The summed E-state index contributed by atoms with van der Waals surface area (Å²) in [5.41, 5.74) is 2.47. The van der Waals surface area contributed by atoms with Crippen LogP contribution in [0.5, 0.6) is 0 Å². The van der Waals surface area contributed by atoms with Crippen molar-refractivity contribution in [1.29, 1.82) is 0 Å². The number of likely N-dealkylation sites (tertiary alicyclic amines) is 1. The molecule has 0 aromatic carbocycles. The highest BCUT2D eigenvalue weighted by Gasteiger charge is 2.23. The average Bonchev–Trinajstić information content (AvgIpc) is 3.07. The number of rotatable bonds is 6. The zero-order chi connectivity index (χ0) is 17.6. The highest BCUT2D eigenvalue weighted by atomic mass is 16.2. The zero-order valence-electron chi connectivity index (χ0n) is 15.7. The fraction of sp³-hybridized carbons (Fsp3) is 0.789. The average molecular weight is 348 g/mol. The highest BCUT2D eigenvalue weighted by molar-refractivity contribution is 5.74. The molecule has 140 valence electrons. The SMILES string of the molecule is CC(C)CCN1CCC(CNC(=O)N[C@@H]2CCc3cn[nH]c3C2)CC1. The Morgan fingerprint density at radius 3 is 2.92 bits per heavy atom. The smallest absolute Gasteiger partial charge is 0.315 e. The van der Waals surface area contributed by atoms with Gasteiger partial charge in [-0.05, 0) is 69.1 Å². The molecule has 6 heteroatoms. The first-order valence-electron chi connectivity index (χ1n) is 9.88. The molecule has 6 nitrogen and oxygen atoms in total. The largest absolute Gasteiger partial charge is 0.338 e. The van der Waals surface area contributed by atoms with Crippen LogP contribution in [0, 0.1) is 11.8 Å². The van der Waals surface area contributed by atoms with Crippen LogP contribution in [-0.2, 0) is 12.8 Å². The monoisotopic (exact) mass is 347 g/mol. The minimum absolute atomic E-state index is 0.0183. The van der Waals surface area contributed by atoms with E-state index in [1.807, 2.05) is 6.20 Å². The summed E-state index contributed by atoms with van der Waals surface area (Å²) in [6.45, 7) is 8.93. The molecule has 1 aromatic rings. The molecule has 0 bridgehead atoms. The van der Waals surface area contributed by atoms with Crippen molar-refractivity contribution >= 4 is 6.03 Å². The first kappa shape index (κ1) is 18.2. The van der Waals surface area contributed by atoms with Crippen LogP contribution in [0.3, 0.4) is 0 Å². The van der Waals surface area contributed by atoms with E-state index in [1.54, 1.807) is 0 Å². The van der Waals surface area contributed by atoms with E-state index in [9.17, 15) is 4.79 Å². The quantitative estimate of drug-likeness (QED) is 0.739. The lowest BCUT2D eigenvalue weighted by Gasteiger charge is -2.32. The molecule has 1 aliphatic heterocycles. The third-order valence-electron chi connectivity index (χ3n) is 5.64. The summed E-state index contributed by atoms with van der Waals surface area (Å²) < 4.78 is 0. The lowest BCUT2D eigenvalue weighted by atomic mass is 9.94. The van der Waals surface area contributed by atoms with Crippen LogP contribution in [0.15, 0.2) is 6.20 Å². The molecule has 1 fully saturated rings. The number of amides is 2. The number of aromatic amines is 1. The molecule has 2 aliphatic rings. The van der Waals surface area contributed by atoms with Crippen molar-refractivity contribution in [2.24, 2.45) is 11.8 Å². The summed E-state index contributed by atoms with van der Waals surface area (Å²) in [5, 5.41) is 13.3. The van der Waals surface area contributed by atoms with E-state index in [0.717, 1.165) is 31.7 Å². The van der Waals surface area contributed by atoms with Gasteiger partial charge < -0.3 is 15.5 Å². The first-order chi connectivity index (χ1) is 12.1. The van der Waals surface area contributed by atoms with Crippen molar-refractivity contribution in [3.8, 4) is 0 Å². The molecular weight excluding hydrogens is 314 g/mol. The summed E-state index contributed by atoms with van der Waals surface area (Å²) in [6.07, 6.45) is 8.42. The molecule has 0 saturated carbocycles. The maximum absolute atomic E-state index is 12.2. The molecule has 0 radical (unpaired) electrons. The van der Waals surface area contributed by atoms with Gasteiger partial charge in [0, 0.05) is 24.7 Å². The normalized spacial score (nSPS) is 22.0. The van der Waals surface area contributed by atoms with E-state index in [-0.39, 0.29) is 12.1 Å². The van der Waals surface area contributed by atoms with Gasteiger partial charge in [0.2, 0.25) is 0 Å². The molecule has 2 heterocycles. The lowest BCUT2D eigenvalue weighted by molar-refractivity contribution is 0.174. The topological polar surface area (TPSA) is 73.1 Å². The first-order valence-corrected chi connectivity index (χ1v) is 9.88. The Bertz CT molecular complexity index is 548. The number of H-pyrrole nitrogens is 1. The number of hydrogen-bond donors (Lipinski definition) is 3. The predicted octanol–water partition coefficient (Wildman–Crippen LogP) is 2.32. The number of aromatic nitrogens is 2. The van der Waals surface area contributed by atoms with Gasteiger partial charge >= 0.3 is 6.03 Å². The van der Waals surface area contributed by atoms with Crippen LogP contribution in [0.4, 0.5) is 4.79 Å². The van der Waals surface area contributed by atoms with Crippen molar-refractivity contribution in [1.82, 2.24) is 25.7 Å². The molecule has 1 aliphatic carbocycles. The number of nitrogens with one attached hydrogen (secondary N) is 3. The number of aryl methyl sites for hydroxylation is 1. The van der Waals surface area contributed by atoms with Crippen LogP contribution in [0.25, 0.3) is 0 Å². The maximum Gasteiger partial charge on any atom is 0.315 e. The molecule has 3 rings (SSSR count). The van der Waals surface area contributed by atoms with Gasteiger partial charge in [-0.2, -0.15) is 5.10 Å². The van der Waals surface area contributed by atoms with E-state index in [4.69, 9.17) is 0 Å². The Hall–Kier alpha value is -1.56. The Morgan fingerprint density at radius 1 is 1.36 bits per heavy atom. The van der Waals surface area contributed by atoms with Crippen LogP contribution >= 0.6 is 0 Å². The third kappa shape index (κ3) is 5.46. The van der Waals surface area contributed by atoms with E-state index in [0.29, 0.717) is 5.92 Å². The van der Waals surface area contributed by atoms with Crippen molar-refractivity contribution in [2.75, 3.05) is 26.2 Å². The number of hydrogen-bond acceptors (Lipinski definition) is 3. The standard InChI is InChI=1S/C19H33N5O/c1-14(2)5-8-24-9-6-15(7-10-24)12-20-19(25)22-17-4-3-16-13-21-23-18(16)11-17/h13-15,17H,3-12H2,1-2H3,(H,21,23)(H2,20,22,25)/t17-/m1/s1. The minimum atomic E-state index is -0.0183. The van der Waals surface area contributed by atoms with Gasteiger partial charge in [0.05, 0.1) is 6.20 Å². The summed E-state index contributed by atoms with van der Waals surface area (Å²) >= 11 is 0. The summed E-state index contributed by atoms with van der Waals surface area (Å²) in [6, 6.07) is 0.195. The van der Waals surface area contributed by atoms with E-state index >= 15 is 0 Å². The van der Waals surface area contributed by atoms with Gasteiger partial charge in [-0.25, -0.2) is 4.79 Å².